The summed E-state index contributed by atoms with van der Waals surface area (Å²) in [4.78, 5) is 24.2. The highest BCUT2D eigenvalue weighted by Gasteiger charge is 2.23. The van der Waals surface area contributed by atoms with Crippen molar-refractivity contribution in [3.63, 3.8) is 0 Å². The molecular weight excluding hydrogens is 374 g/mol. The average molecular weight is 391 g/mol. The van der Waals surface area contributed by atoms with Gasteiger partial charge in [-0.2, -0.15) is 4.31 Å². The van der Waals surface area contributed by atoms with Gasteiger partial charge in [0, 0.05) is 12.6 Å². The summed E-state index contributed by atoms with van der Waals surface area (Å²) in [5.74, 6) is -0.299. The lowest BCUT2D eigenvalue weighted by Gasteiger charge is -2.17. The quantitative estimate of drug-likeness (QED) is 0.718. The molecule has 0 bridgehead atoms. The van der Waals surface area contributed by atoms with Crippen molar-refractivity contribution in [1.29, 1.82) is 0 Å². The third-order valence-corrected chi connectivity index (χ3v) is 5.59. The summed E-state index contributed by atoms with van der Waals surface area (Å²) >= 11 is 0. The Morgan fingerprint density at radius 2 is 1.74 bits per heavy atom. The Hall–Kier alpha value is -3.11. The van der Waals surface area contributed by atoms with Gasteiger partial charge in [-0.25, -0.2) is 8.42 Å². The first-order chi connectivity index (χ1) is 12.9. The van der Waals surface area contributed by atoms with Gasteiger partial charge in [0.25, 0.3) is 11.8 Å². The summed E-state index contributed by atoms with van der Waals surface area (Å²) in [6, 6.07) is 12.3. The van der Waals surface area contributed by atoms with E-state index in [4.69, 9.17) is 9.47 Å². The van der Waals surface area contributed by atoms with Crippen molar-refractivity contribution >= 4 is 21.8 Å². The van der Waals surface area contributed by atoms with Gasteiger partial charge in [-0.3, -0.25) is 20.4 Å². The zero-order chi connectivity index (χ0) is 19.4. The molecule has 27 heavy (non-hydrogen) atoms. The highest BCUT2D eigenvalue weighted by molar-refractivity contribution is 7.89. The van der Waals surface area contributed by atoms with Crippen LogP contribution in [0.15, 0.2) is 53.4 Å². The molecule has 0 aliphatic carbocycles. The summed E-state index contributed by atoms with van der Waals surface area (Å²) in [6.45, 7) is -0.377. The molecule has 2 aromatic rings. The molecule has 0 spiro atoms. The van der Waals surface area contributed by atoms with Gasteiger partial charge in [0.05, 0.1) is 11.4 Å². The van der Waals surface area contributed by atoms with E-state index in [-0.39, 0.29) is 17.3 Å². The molecule has 2 N–H and O–H groups in total. The van der Waals surface area contributed by atoms with Crippen LogP contribution in [0.3, 0.4) is 0 Å². The van der Waals surface area contributed by atoms with E-state index in [0.29, 0.717) is 11.5 Å². The summed E-state index contributed by atoms with van der Waals surface area (Å²) in [7, 11) is -2.52. The highest BCUT2D eigenvalue weighted by Crippen LogP contribution is 2.32. The van der Waals surface area contributed by atoms with Crippen LogP contribution in [0.5, 0.6) is 11.5 Å². The van der Waals surface area contributed by atoms with E-state index in [2.05, 4.69) is 10.9 Å². The number of hydrazine groups is 1. The first-order valence-corrected chi connectivity index (χ1v) is 9.32. The smallest absolute Gasteiger partial charge is 0.269 e. The van der Waals surface area contributed by atoms with Gasteiger partial charge in [0.2, 0.25) is 16.8 Å². The van der Waals surface area contributed by atoms with Crippen LogP contribution in [0.25, 0.3) is 0 Å². The Bertz CT molecular complexity index is 962. The van der Waals surface area contributed by atoms with Crippen LogP contribution >= 0.6 is 0 Å². The standard InChI is InChI=1S/C17H17N3O6S/c1-20(27(23,24)13-5-3-2-4-6-13)10-16(21)18-19-17(22)12-7-8-14-15(9-12)26-11-25-14/h2-9H,10-11H2,1H3,(H,18,21)(H,19,22). The lowest BCUT2D eigenvalue weighted by atomic mass is 10.2. The normalized spacial score (nSPS) is 12.7. The maximum Gasteiger partial charge on any atom is 0.269 e. The number of hydrogen-bond donors (Lipinski definition) is 2. The number of fused-ring (bicyclic) bond motifs is 1. The zero-order valence-electron chi connectivity index (χ0n) is 14.3. The van der Waals surface area contributed by atoms with Crippen molar-refractivity contribution < 1.29 is 27.5 Å². The highest BCUT2D eigenvalue weighted by atomic mass is 32.2. The van der Waals surface area contributed by atoms with Gasteiger partial charge in [0.15, 0.2) is 11.5 Å². The molecule has 9 nitrogen and oxygen atoms in total. The Kier molecular flexibility index (Phi) is 5.28. The molecule has 10 heteroatoms. The Balaban J connectivity index is 1.55. The van der Waals surface area contributed by atoms with Crippen molar-refractivity contribution in [3.05, 3.63) is 54.1 Å². The van der Waals surface area contributed by atoms with Crippen LogP contribution in [0.4, 0.5) is 0 Å². The second kappa shape index (κ2) is 7.64. The number of benzene rings is 2. The number of carbonyl (C=O) groups excluding carboxylic acids is 2. The Morgan fingerprint density at radius 1 is 1.04 bits per heavy atom. The van der Waals surface area contributed by atoms with Crippen molar-refractivity contribution in [2.75, 3.05) is 20.4 Å². The Morgan fingerprint density at radius 3 is 2.48 bits per heavy atom. The number of ether oxygens (including phenoxy) is 2. The van der Waals surface area contributed by atoms with Gasteiger partial charge in [-0.15, -0.1) is 0 Å². The van der Waals surface area contributed by atoms with E-state index >= 15 is 0 Å². The van der Waals surface area contributed by atoms with Crippen LogP contribution in [-0.2, 0) is 14.8 Å². The largest absolute Gasteiger partial charge is 0.454 e. The van der Waals surface area contributed by atoms with Crippen molar-refractivity contribution in [1.82, 2.24) is 15.2 Å². The fraction of sp³-hybridized carbons (Fsp3) is 0.176. The third-order valence-electron chi connectivity index (χ3n) is 3.77. The number of sulfonamides is 1. The molecule has 0 unspecified atom stereocenters. The van der Waals surface area contributed by atoms with Crippen LogP contribution < -0.4 is 20.3 Å². The number of nitrogens with one attached hydrogen (secondary N) is 2. The molecule has 2 amide bonds. The average Bonchev–Trinajstić information content (AvgIpc) is 3.14. The number of amides is 2. The van der Waals surface area contributed by atoms with Gasteiger partial charge in [-0.1, -0.05) is 18.2 Å². The van der Waals surface area contributed by atoms with E-state index in [9.17, 15) is 18.0 Å². The molecule has 2 aromatic carbocycles. The molecule has 0 radical (unpaired) electrons. The van der Waals surface area contributed by atoms with E-state index < -0.39 is 28.4 Å². The van der Waals surface area contributed by atoms with Crippen molar-refractivity contribution in [2.45, 2.75) is 4.90 Å². The lowest BCUT2D eigenvalue weighted by Crippen LogP contribution is -2.46. The minimum Gasteiger partial charge on any atom is -0.454 e. The number of rotatable bonds is 5. The van der Waals surface area contributed by atoms with E-state index in [1.807, 2.05) is 0 Å². The van der Waals surface area contributed by atoms with E-state index in [1.165, 1.54) is 31.3 Å². The molecule has 0 fully saturated rings. The second-order valence-corrected chi connectivity index (χ2v) is 7.69. The molecule has 3 rings (SSSR count). The van der Waals surface area contributed by atoms with E-state index in [1.54, 1.807) is 24.3 Å². The maximum atomic E-state index is 12.4. The molecule has 1 heterocycles. The van der Waals surface area contributed by atoms with Gasteiger partial charge in [0.1, 0.15) is 0 Å². The van der Waals surface area contributed by atoms with Gasteiger partial charge in [-0.05, 0) is 30.3 Å². The first kappa shape index (κ1) is 18.7. The number of hydrogen-bond acceptors (Lipinski definition) is 6. The first-order valence-electron chi connectivity index (χ1n) is 7.88. The van der Waals surface area contributed by atoms with Crippen LogP contribution in [0.1, 0.15) is 10.4 Å². The molecule has 1 aliphatic heterocycles. The molecular formula is C17H17N3O6S. The van der Waals surface area contributed by atoms with Gasteiger partial charge < -0.3 is 9.47 Å². The van der Waals surface area contributed by atoms with Crippen molar-refractivity contribution in [3.8, 4) is 11.5 Å². The summed E-state index contributed by atoms with van der Waals surface area (Å²) in [6.07, 6.45) is 0. The Labute approximate surface area is 155 Å². The summed E-state index contributed by atoms with van der Waals surface area (Å²) in [5, 5.41) is 0. The zero-order valence-corrected chi connectivity index (χ0v) is 15.2. The number of nitrogens with zero attached hydrogens (tertiary/aromatic N) is 1. The van der Waals surface area contributed by atoms with Crippen LogP contribution in [-0.4, -0.2) is 44.9 Å². The predicted octanol–water partition coefficient (Wildman–Crippen LogP) is 0.497. The van der Waals surface area contributed by atoms with Crippen LogP contribution in [0, 0.1) is 0 Å². The fourth-order valence-electron chi connectivity index (χ4n) is 2.34. The minimum atomic E-state index is -3.80. The maximum absolute atomic E-state index is 12.4. The summed E-state index contributed by atoms with van der Waals surface area (Å²) in [5.41, 5.74) is 4.67. The second-order valence-electron chi connectivity index (χ2n) is 5.64. The molecule has 0 atom stereocenters. The molecule has 0 saturated carbocycles. The third kappa shape index (κ3) is 4.18. The monoisotopic (exact) mass is 391 g/mol. The minimum absolute atomic E-state index is 0.0738. The number of likely N-dealkylation sites (N-methyl/N-ethyl adjacent to an activating group) is 1. The van der Waals surface area contributed by atoms with E-state index in [0.717, 1.165) is 4.31 Å². The number of carbonyl (C=O) groups is 2. The van der Waals surface area contributed by atoms with Crippen molar-refractivity contribution in [2.24, 2.45) is 0 Å². The topological polar surface area (TPSA) is 114 Å². The molecule has 142 valence electrons. The molecule has 1 aliphatic rings. The molecule has 0 saturated heterocycles. The summed E-state index contributed by atoms with van der Waals surface area (Å²) < 4.78 is 36.0. The predicted molar refractivity (Wildman–Crippen MR) is 94.4 cm³/mol. The van der Waals surface area contributed by atoms with Gasteiger partial charge >= 0.3 is 0 Å². The molecule has 0 aromatic heterocycles. The van der Waals surface area contributed by atoms with Crippen LogP contribution in [0.2, 0.25) is 0 Å². The lowest BCUT2D eigenvalue weighted by molar-refractivity contribution is -0.121. The SMILES string of the molecule is CN(CC(=O)NNC(=O)c1ccc2c(c1)OCO2)S(=O)(=O)c1ccccc1. The fourth-order valence-corrected chi connectivity index (χ4v) is 3.48.